The van der Waals surface area contributed by atoms with Gasteiger partial charge in [0.25, 0.3) is 5.56 Å². The van der Waals surface area contributed by atoms with Gasteiger partial charge in [-0.1, -0.05) is 0 Å². The minimum absolute atomic E-state index is 0.00764. The number of aryl methyl sites for hydroxylation is 1. The van der Waals surface area contributed by atoms with Crippen molar-refractivity contribution in [1.29, 1.82) is 0 Å². The molecule has 0 saturated carbocycles. The highest BCUT2D eigenvalue weighted by Crippen LogP contribution is 2.16. The molecule has 0 aliphatic carbocycles. The molecule has 0 bridgehead atoms. The van der Waals surface area contributed by atoms with Crippen molar-refractivity contribution < 1.29 is 18.3 Å². The topological polar surface area (TPSA) is 117 Å². The second kappa shape index (κ2) is 4.28. The van der Waals surface area contributed by atoms with Crippen molar-refractivity contribution in [3.8, 4) is 0 Å². The highest BCUT2D eigenvalue weighted by atomic mass is 32.2. The van der Waals surface area contributed by atoms with E-state index in [1.54, 1.807) is 0 Å². The molecule has 94 valence electrons. The lowest BCUT2D eigenvalue weighted by atomic mass is 10.2. The third kappa shape index (κ3) is 2.70. The molecule has 0 amide bonds. The van der Waals surface area contributed by atoms with Crippen molar-refractivity contribution >= 4 is 15.8 Å². The molecule has 0 saturated heterocycles. The van der Waals surface area contributed by atoms with E-state index in [1.807, 2.05) is 0 Å². The van der Waals surface area contributed by atoms with Gasteiger partial charge in [-0.15, -0.1) is 0 Å². The Morgan fingerprint density at radius 2 is 2.00 bits per heavy atom. The Morgan fingerprint density at radius 3 is 2.35 bits per heavy atom. The summed E-state index contributed by atoms with van der Waals surface area (Å²) in [6, 6.07) is 0. The Balaban J connectivity index is 3.44. The zero-order valence-corrected chi connectivity index (χ0v) is 10.3. The van der Waals surface area contributed by atoms with Crippen LogP contribution in [0.2, 0.25) is 0 Å². The van der Waals surface area contributed by atoms with Crippen LogP contribution in [0.1, 0.15) is 34.0 Å². The van der Waals surface area contributed by atoms with Crippen LogP contribution in [0.3, 0.4) is 0 Å². The Kier molecular flexibility index (Phi) is 3.37. The van der Waals surface area contributed by atoms with Crippen LogP contribution in [0.5, 0.6) is 0 Å². The SMILES string of the molecule is Cc1nc(C(C)S(C)(=O)=O)[nH]c(=O)c1C(=O)O. The summed E-state index contributed by atoms with van der Waals surface area (Å²) >= 11 is 0. The maximum atomic E-state index is 11.5. The zero-order chi connectivity index (χ0) is 13.4. The van der Waals surface area contributed by atoms with E-state index < -0.39 is 32.2 Å². The first kappa shape index (κ1) is 13.4. The van der Waals surface area contributed by atoms with Crippen LogP contribution in [0.4, 0.5) is 0 Å². The second-order valence-electron chi connectivity index (χ2n) is 3.69. The summed E-state index contributed by atoms with van der Waals surface area (Å²) < 4.78 is 22.6. The first-order valence-corrected chi connectivity index (χ1v) is 6.63. The molecule has 1 atom stereocenters. The van der Waals surface area contributed by atoms with E-state index in [-0.39, 0.29) is 11.5 Å². The number of sulfone groups is 1. The van der Waals surface area contributed by atoms with Crippen LogP contribution in [0, 0.1) is 6.92 Å². The molecule has 1 aromatic heterocycles. The summed E-state index contributed by atoms with van der Waals surface area (Å²) in [4.78, 5) is 28.2. The number of aromatic nitrogens is 2. The van der Waals surface area contributed by atoms with Crippen molar-refractivity contribution in [2.75, 3.05) is 6.26 Å². The molecule has 0 aromatic carbocycles. The molecule has 0 aliphatic rings. The second-order valence-corrected chi connectivity index (χ2v) is 6.05. The fourth-order valence-electron chi connectivity index (χ4n) is 1.25. The van der Waals surface area contributed by atoms with Crippen molar-refractivity contribution in [2.45, 2.75) is 19.1 Å². The van der Waals surface area contributed by atoms with Gasteiger partial charge in [-0.2, -0.15) is 0 Å². The van der Waals surface area contributed by atoms with Crippen LogP contribution in [0.15, 0.2) is 4.79 Å². The molecule has 1 unspecified atom stereocenters. The van der Waals surface area contributed by atoms with Gasteiger partial charge in [0.2, 0.25) is 0 Å². The standard InChI is InChI=1S/C9H12N2O5S/c1-4-6(9(13)14)8(12)11-7(10-4)5(2)17(3,15)16/h5H,1-3H3,(H,13,14)(H,10,11,12). The molecule has 0 spiro atoms. The molecular weight excluding hydrogens is 248 g/mol. The lowest BCUT2D eigenvalue weighted by molar-refractivity contribution is 0.0693. The molecular formula is C9H12N2O5S. The molecule has 0 radical (unpaired) electrons. The molecule has 2 N–H and O–H groups in total. The number of carboxylic acids is 1. The summed E-state index contributed by atoms with van der Waals surface area (Å²) in [6.45, 7) is 2.71. The predicted octanol–water partition coefficient (Wildman–Crippen LogP) is -0.118. The van der Waals surface area contributed by atoms with Crippen molar-refractivity contribution in [3.05, 3.63) is 27.4 Å². The fraction of sp³-hybridized carbons (Fsp3) is 0.444. The average molecular weight is 260 g/mol. The van der Waals surface area contributed by atoms with Crippen molar-refractivity contribution in [3.63, 3.8) is 0 Å². The highest BCUT2D eigenvalue weighted by Gasteiger charge is 2.23. The van der Waals surface area contributed by atoms with E-state index in [4.69, 9.17) is 5.11 Å². The number of hydrogen-bond acceptors (Lipinski definition) is 5. The minimum atomic E-state index is -3.40. The Labute approximate surface area is 97.4 Å². The van der Waals surface area contributed by atoms with Crippen molar-refractivity contribution in [1.82, 2.24) is 9.97 Å². The number of H-pyrrole nitrogens is 1. The van der Waals surface area contributed by atoms with Gasteiger partial charge in [-0.3, -0.25) is 4.79 Å². The molecule has 0 aliphatic heterocycles. The predicted molar refractivity (Wildman–Crippen MR) is 59.8 cm³/mol. The highest BCUT2D eigenvalue weighted by molar-refractivity contribution is 7.90. The number of nitrogens with zero attached hydrogens (tertiary/aromatic N) is 1. The molecule has 1 aromatic rings. The molecule has 8 heteroatoms. The number of rotatable bonds is 3. The van der Waals surface area contributed by atoms with E-state index in [1.165, 1.54) is 13.8 Å². The van der Waals surface area contributed by atoms with Crippen LogP contribution in [0.25, 0.3) is 0 Å². The summed E-state index contributed by atoms with van der Waals surface area (Å²) in [6.07, 6.45) is 1.01. The molecule has 1 heterocycles. The summed E-state index contributed by atoms with van der Waals surface area (Å²) in [5.41, 5.74) is -1.34. The minimum Gasteiger partial charge on any atom is -0.477 e. The molecule has 17 heavy (non-hydrogen) atoms. The van der Waals surface area contributed by atoms with Crippen LogP contribution in [-0.4, -0.2) is 35.7 Å². The third-order valence-electron chi connectivity index (χ3n) is 2.36. The number of aromatic amines is 1. The normalized spacial score (nSPS) is 13.4. The summed E-state index contributed by atoms with van der Waals surface area (Å²) in [7, 11) is -3.40. The lowest BCUT2D eigenvalue weighted by Crippen LogP contribution is -2.25. The first-order chi connectivity index (χ1) is 7.64. The maximum Gasteiger partial charge on any atom is 0.343 e. The molecule has 0 fully saturated rings. The third-order valence-corrected chi connectivity index (χ3v) is 3.87. The average Bonchev–Trinajstić information content (AvgIpc) is 2.13. The zero-order valence-electron chi connectivity index (χ0n) is 9.51. The van der Waals surface area contributed by atoms with E-state index in [9.17, 15) is 18.0 Å². The fourth-order valence-corrected chi connectivity index (χ4v) is 1.77. The molecule has 7 nitrogen and oxygen atoms in total. The lowest BCUT2D eigenvalue weighted by Gasteiger charge is -2.09. The van der Waals surface area contributed by atoms with Crippen LogP contribution < -0.4 is 5.56 Å². The van der Waals surface area contributed by atoms with Gasteiger partial charge in [0.15, 0.2) is 9.84 Å². The van der Waals surface area contributed by atoms with E-state index in [0.717, 1.165) is 6.26 Å². The number of hydrogen-bond donors (Lipinski definition) is 2. The number of aromatic carboxylic acids is 1. The number of nitrogens with one attached hydrogen (secondary N) is 1. The number of carbonyl (C=O) groups is 1. The Morgan fingerprint density at radius 1 is 1.47 bits per heavy atom. The summed E-state index contributed by atoms with van der Waals surface area (Å²) in [5, 5.41) is 7.77. The maximum absolute atomic E-state index is 11.5. The Hall–Kier alpha value is -1.70. The number of carboxylic acid groups (broad SMARTS) is 1. The van der Waals surface area contributed by atoms with E-state index >= 15 is 0 Å². The van der Waals surface area contributed by atoms with Gasteiger partial charge in [-0.05, 0) is 13.8 Å². The van der Waals surface area contributed by atoms with Crippen molar-refractivity contribution in [2.24, 2.45) is 0 Å². The van der Waals surface area contributed by atoms with E-state index in [0.29, 0.717) is 0 Å². The van der Waals surface area contributed by atoms with Gasteiger partial charge in [0.1, 0.15) is 16.6 Å². The van der Waals surface area contributed by atoms with Gasteiger partial charge in [-0.25, -0.2) is 18.2 Å². The largest absolute Gasteiger partial charge is 0.477 e. The van der Waals surface area contributed by atoms with Gasteiger partial charge in [0, 0.05) is 6.26 Å². The smallest absolute Gasteiger partial charge is 0.343 e. The molecule has 1 rings (SSSR count). The Bertz CT molecular complexity index is 617. The van der Waals surface area contributed by atoms with Gasteiger partial charge >= 0.3 is 5.97 Å². The summed E-state index contributed by atoms with van der Waals surface area (Å²) in [5.74, 6) is -1.45. The first-order valence-electron chi connectivity index (χ1n) is 4.67. The monoisotopic (exact) mass is 260 g/mol. The van der Waals surface area contributed by atoms with Crippen LogP contribution in [-0.2, 0) is 9.84 Å². The van der Waals surface area contributed by atoms with E-state index in [2.05, 4.69) is 9.97 Å². The quantitative estimate of drug-likeness (QED) is 0.782. The van der Waals surface area contributed by atoms with Gasteiger partial charge in [0.05, 0.1) is 5.69 Å². The van der Waals surface area contributed by atoms with Gasteiger partial charge < -0.3 is 10.1 Å². The van der Waals surface area contributed by atoms with Crippen LogP contribution >= 0.6 is 0 Å².